The molecule has 1 aromatic rings. The standard InChI is InChI=1S/C11H18N4/c1-8-6-13-11(14-7-8)15-10-4-2-3-9(10)5-12/h6-7,9-10H,2-5,12H2,1H3,(H,13,14,15). The maximum Gasteiger partial charge on any atom is 0.222 e. The summed E-state index contributed by atoms with van der Waals surface area (Å²) in [6.07, 6.45) is 7.33. The molecule has 2 atom stereocenters. The van der Waals surface area contributed by atoms with E-state index in [2.05, 4.69) is 15.3 Å². The molecule has 0 bridgehead atoms. The quantitative estimate of drug-likeness (QED) is 0.783. The van der Waals surface area contributed by atoms with Crippen molar-refractivity contribution in [1.29, 1.82) is 0 Å². The molecular weight excluding hydrogens is 188 g/mol. The summed E-state index contributed by atoms with van der Waals surface area (Å²) >= 11 is 0. The Labute approximate surface area is 90.3 Å². The Bertz CT molecular complexity index is 309. The fourth-order valence-electron chi connectivity index (χ4n) is 2.14. The third-order valence-corrected chi connectivity index (χ3v) is 3.06. The van der Waals surface area contributed by atoms with Crippen LogP contribution < -0.4 is 11.1 Å². The van der Waals surface area contributed by atoms with Gasteiger partial charge in [0, 0.05) is 18.4 Å². The lowest BCUT2D eigenvalue weighted by atomic mass is 10.0. The van der Waals surface area contributed by atoms with Crippen LogP contribution in [0.2, 0.25) is 0 Å². The maximum absolute atomic E-state index is 5.72. The van der Waals surface area contributed by atoms with Crippen LogP contribution in [-0.4, -0.2) is 22.6 Å². The van der Waals surface area contributed by atoms with Crippen molar-refractivity contribution in [3.05, 3.63) is 18.0 Å². The van der Waals surface area contributed by atoms with E-state index in [-0.39, 0.29) is 0 Å². The normalized spacial score (nSPS) is 25.5. The van der Waals surface area contributed by atoms with Crippen LogP contribution in [0.1, 0.15) is 24.8 Å². The molecule has 1 fully saturated rings. The molecule has 0 aromatic carbocycles. The van der Waals surface area contributed by atoms with E-state index in [1.807, 2.05) is 19.3 Å². The highest BCUT2D eigenvalue weighted by atomic mass is 15.1. The van der Waals surface area contributed by atoms with E-state index >= 15 is 0 Å². The van der Waals surface area contributed by atoms with Gasteiger partial charge in [-0.25, -0.2) is 9.97 Å². The van der Waals surface area contributed by atoms with Crippen molar-refractivity contribution in [2.75, 3.05) is 11.9 Å². The first kappa shape index (κ1) is 10.4. The van der Waals surface area contributed by atoms with Crippen molar-refractivity contribution < 1.29 is 0 Å². The van der Waals surface area contributed by atoms with Crippen LogP contribution >= 0.6 is 0 Å². The average Bonchev–Trinajstić information content (AvgIpc) is 2.69. The average molecular weight is 206 g/mol. The number of aryl methyl sites for hydroxylation is 1. The predicted octanol–water partition coefficient (Wildman–Crippen LogP) is 1.32. The first-order valence-electron chi connectivity index (χ1n) is 5.55. The molecule has 82 valence electrons. The van der Waals surface area contributed by atoms with E-state index in [1.54, 1.807) is 0 Å². The molecule has 2 rings (SSSR count). The van der Waals surface area contributed by atoms with Crippen LogP contribution in [0.25, 0.3) is 0 Å². The van der Waals surface area contributed by atoms with Gasteiger partial charge in [0.05, 0.1) is 0 Å². The fourth-order valence-corrected chi connectivity index (χ4v) is 2.14. The van der Waals surface area contributed by atoms with Crippen LogP contribution in [0.3, 0.4) is 0 Å². The highest BCUT2D eigenvalue weighted by Crippen LogP contribution is 2.26. The molecule has 1 aromatic heterocycles. The zero-order chi connectivity index (χ0) is 10.7. The van der Waals surface area contributed by atoms with Crippen molar-refractivity contribution >= 4 is 5.95 Å². The minimum atomic E-state index is 0.456. The van der Waals surface area contributed by atoms with Crippen molar-refractivity contribution in [1.82, 2.24) is 9.97 Å². The van der Waals surface area contributed by atoms with Gasteiger partial charge in [0.15, 0.2) is 0 Å². The van der Waals surface area contributed by atoms with Crippen molar-refractivity contribution in [2.24, 2.45) is 11.7 Å². The number of hydrogen-bond acceptors (Lipinski definition) is 4. The van der Waals surface area contributed by atoms with Crippen LogP contribution in [0.5, 0.6) is 0 Å². The molecule has 0 spiro atoms. The SMILES string of the molecule is Cc1cnc(NC2CCCC2CN)nc1. The van der Waals surface area contributed by atoms with E-state index in [0.29, 0.717) is 12.0 Å². The Morgan fingerprint density at radius 3 is 2.80 bits per heavy atom. The molecule has 2 unspecified atom stereocenters. The molecule has 0 radical (unpaired) electrons. The van der Waals surface area contributed by atoms with E-state index in [9.17, 15) is 0 Å². The van der Waals surface area contributed by atoms with E-state index in [4.69, 9.17) is 5.73 Å². The molecule has 1 heterocycles. The molecule has 0 aliphatic heterocycles. The minimum Gasteiger partial charge on any atom is -0.351 e. The summed E-state index contributed by atoms with van der Waals surface area (Å²) in [5, 5.41) is 3.37. The summed E-state index contributed by atoms with van der Waals surface area (Å²) in [4.78, 5) is 8.49. The monoisotopic (exact) mass is 206 g/mol. The second-order valence-electron chi connectivity index (χ2n) is 4.26. The third kappa shape index (κ3) is 2.45. The summed E-state index contributed by atoms with van der Waals surface area (Å²) in [7, 11) is 0. The molecule has 0 saturated heterocycles. The summed E-state index contributed by atoms with van der Waals surface area (Å²) in [5.74, 6) is 1.31. The van der Waals surface area contributed by atoms with Crippen LogP contribution in [0, 0.1) is 12.8 Å². The van der Waals surface area contributed by atoms with Gasteiger partial charge >= 0.3 is 0 Å². The first-order chi connectivity index (χ1) is 7.29. The summed E-state index contributed by atoms with van der Waals surface area (Å²) < 4.78 is 0. The van der Waals surface area contributed by atoms with Gasteiger partial charge < -0.3 is 11.1 Å². The zero-order valence-electron chi connectivity index (χ0n) is 9.11. The van der Waals surface area contributed by atoms with Crippen LogP contribution in [0.4, 0.5) is 5.95 Å². The lowest BCUT2D eigenvalue weighted by Gasteiger charge is -2.19. The van der Waals surface area contributed by atoms with E-state index in [1.165, 1.54) is 19.3 Å². The lowest BCUT2D eigenvalue weighted by Crippen LogP contribution is -2.30. The Kier molecular flexibility index (Phi) is 3.16. The number of anilines is 1. The second kappa shape index (κ2) is 4.57. The molecule has 0 amide bonds. The fraction of sp³-hybridized carbons (Fsp3) is 0.636. The Balaban J connectivity index is 1.99. The third-order valence-electron chi connectivity index (χ3n) is 3.06. The molecule has 1 aliphatic carbocycles. The maximum atomic E-state index is 5.72. The van der Waals surface area contributed by atoms with Gasteiger partial charge in [-0.05, 0) is 37.8 Å². The van der Waals surface area contributed by atoms with Gasteiger partial charge in [0.2, 0.25) is 5.95 Å². The van der Waals surface area contributed by atoms with Gasteiger partial charge in [-0.15, -0.1) is 0 Å². The summed E-state index contributed by atoms with van der Waals surface area (Å²) in [6.45, 7) is 2.74. The molecule has 4 heteroatoms. The second-order valence-corrected chi connectivity index (χ2v) is 4.26. The molecule has 3 N–H and O–H groups in total. The lowest BCUT2D eigenvalue weighted by molar-refractivity contribution is 0.514. The van der Waals surface area contributed by atoms with Crippen LogP contribution in [-0.2, 0) is 0 Å². The van der Waals surface area contributed by atoms with Crippen LogP contribution in [0.15, 0.2) is 12.4 Å². The Morgan fingerprint density at radius 2 is 2.13 bits per heavy atom. The minimum absolute atomic E-state index is 0.456. The van der Waals surface area contributed by atoms with E-state index in [0.717, 1.165) is 18.1 Å². The molecule has 1 saturated carbocycles. The number of nitrogens with two attached hydrogens (primary N) is 1. The van der Waals surface area contributed by atoms with Gasteiger partial charge in [0.1, 0.15) is 0 Å². The predicted molar refractivity (Wildman–Crippen MR) is 60.6 cm³/mol. The van der Waals surface area contributed by atoms with Gasteiger partial charge in [-0.3, -0.25) is 0 Å². The topological polar surface area (TPSA) is 63.8 Å². The molecule has 1 aliphatic rings. The van der Waals surface area contributed by atoms with Gasteiger partial charge in [-0.1, -0.05) is 6.42 Å². The highest BCUT2D eigenvalue weighted by molar-refractivity contribution is 5.27. The van der Waals surface area contributed by atoms with Crippen molar-refractivity contribution in [2.45, 2.75) is 32.2 Å². The Morgan fingerprint density at radius 1 is 1.40 bits per heavy atom. The smallest absolute Gasteiger partial charge is 0.222 e. The summed E-state index contributed by atoms with van der Waals surface area (Å²) in [5.41, 5.74) is 6.81. The van der Waals surface area contributed by atoms with Crippen molar-refractivity contribution in [3.8, 4) is 0 Å². The highest BCUT2D eigenvalue weighted by Gasteiger charge is 2.26. The molecule has 4 nitrogen and oxygen atoms in total. The molecule has 15 heavy (non-hydrogen) atoms. The van der Waals surface area contributed by atoms with Crippen molar-refractivity contribution in [3.63, 3.8) is 0 Å². The van der Waals surface area contributed by atoms with E-state index < -0.39 is 0 Å². The van der Waals surface area contributed by atoms with Gasteiger partial charge in [-0.2, -0.15) is 0 Å². The Hall–Kier alpha value is -1.16. The first-order valence-corrected chi connectivity index (χ1v) is 5.55. The number of hydrogen-bond donors (Lipinski definition) is 2. The summed E-state index contributed by atoms with van der Waals surface area (Å²) in [6, 6.07) is 0.456. The number of aromatic nitrogens is 2. The number of nitrogens with one attached hydrogen (secondary N) is 1. The largest absolute Gasteiger partial charge is 0.351 e. The number of nitrogens with zero attached hydrogens (tertiary/aromatic N) is 2. The molecular formula is C11H18N4. The van der Waals surface area contributed by atoms with Gasteiger partial charge in [0.25, 0.3) is 0 Å². The number of rotatable bonds is 3. The zero-order valence-corrected chi connectivity index (χ0v) is 9.11.